The number of aromatic nitrogens is 1. The molecule has 0 unspecified atom stereocenters. The number of nitrogens with two attached hydrogens (primary N) is 1. The van der Waals surface area contributed by atoms with Crippen LogP contribution in [0.5, 0.6) is 0 Å². The second-order valence-electron chi connectivity index (χ2n) is 8.56. The number of fused-ring (bicyclic) bond motifs is 2. The van der Waals surface area contributed by atoms with Gasteiger partial charge in [0, 0.05) is 5.39 Å². The molecule has 0 fully saturated rings. The van der Waals surface area contributed by atoms with Crippen molar-refractivity contribution in [2.24, 2.45) is 5.73 Å². The van der Waals surface area contributed by atoms with Crippen molar-refractivity contribution in [1.82, 2.24) is 4.98 Å². The minimum atomic E-state index is -0.642. The number of carbonyl (C=O) groups excluding carboxylic acids is 3. The molecule has 4 aromatic rings. The Labute approximate surface area is 211 Å². The lowest BCUT2D eigenvalue weighted by Crippen LogP contribution is -2.23. The highest BCUT2D eigenvalue weighted by Gasteiger charge is 2.28. The quantitative estimate of drug-likeness (QED) is 0.365. The second kappa shape index (κ2) is 9.75. The molecule has 0 saturated carbocycles. The molecule has 2 aromatic carbocycles. The van der Waals surface area contributed by atoms with Gasteiger partial charge in [-0.2, -0.15) is 0 Å². The zero-order chi connectivity index (χ0) is 25.2. The lowest BCUT2D eigenvalue weighted by atomic mass is 10.0. The number of hydrogen-bond donors (Lipinski definition) is 2. The summed E-state index contributed by atoms with van der Waals surface area (Å²) in [5.41, 5.74) is 11.6. The predicted molar refractivity (Wildman–Crippen MR) is 141 cm³/mol. The van der Waals surface area contributed by atoms with Crippen LogP contribution in [0.4, 0.5) is 5.00 Å². The van der Waals surface area contributed by atoms with Crippen LogP contribution in [0.1, 0.15) is 49.5 Å². The molecule has 3 N–H and O–H groups in total. The maximum atomic E-state index is 13.3. The molecule has 36 heavy (non-hydrogen) atoms. The minimum Gasteiger partial charge on any atom is -0.452 e. The maximum absolute atomic E-state index is 13.3. The highest BCUT2D eigenvalue weighted by Crippen LogP contribution is 2.37. The van der Waals surface area contributed by atoms with Gasteiger partial charge in [0.25, 0.3) is 11.8 Å². The number of esters is 1. The van der Waals surface area contributed by atoms with Crippen molar-refractivity contribution >= 4 is 56.7 Å². The molecule has 0 radical (unpaired) electrons. The van der Waals surface area contributed by atoms with E-state index < -0.39 is 24.4 Å². The third-order valence-corrected chi connectivity index (χ3v) is 6.91. The molecule has 0 spiro atoms. The Hall–Kier alpha value is -4.30. The molecule has 8 heteroatoms. The number of carbonyl (C=O) groups is 3. The number of ether oxygens (including phenoxy) is 1. The van der Waals surface area contributed by atoms with E-state index in [1.165, 1.54) is 23.0 Å². The molecular weight excluding hydrogens is 474 g/mol. The van der Waals surface area contributed by atoms with E-state index in [-0.39, 0.29) is 5.56 Å². The Bertz CT molecular complexity index is 1540. The number of anilines is 1. The van der Waals surface area contributed by atoms with Crippen molar-refractivity contribution in [2.75, 3.05) is 11.9 Å². The number of nitrogens with zero attached hydrogens (tertiary/aromatic N) is 1. The van der Waals surface area contributed by atoms with Gasteiger partial charge in [0.05, 0.1) is 22.3 Å². The highest BCUT2D eigenvalue weighted by atomic mass is 32.1. The Balaban J connectivity index is 1.42. The zero-order valence-corrected chi connectivity index (χ0v) is 20.4. The summed E-state index contributed by atoms with van der Waals surface area (Å²) in [6.07, 6.45) is 3.51. The largest absolute Gasteiger partial charge is 0.452 e. The number of hydrogen-bond acceptors (Lipinski definition) is 6. The minimum absolute atomic E-state index is 0.213. The number of nitrogens with one attached hydrogen (secondary N) is 1. The van der Waals surface area contributed by atoms with Gasteiger partial charge in [0.15, 0.2) is 6.61 Å². The van der Waals surface area contributed by atoms with E-state index in [2.05, 4.69) is 35.7 Å². The van der Waals surface area contributed by atoms with Gasteiger partial charge in [0.2, 0.25) is 0 Å². The van der Waals surface area contributed by atoms with E-state index in [9.17, 15) is 14.4 Å². The summed E-state index contributed by atoms with van der Waals surface area (Å²) in [7, 11) is 0. The van der Waals surface area contributed by atoms with E-state index in [1.54, 1.807) is 5.38 Å². The lowest BCUT2D eigenvalue weighted by Gasteiger charge is -2.12. The third-order valence-electron chi connectivity index (χ3n) is 6.08. The van der Waals surface area contributed by atoms with Crippen molar-refractivity contribution in [1.29, 1.82) is 0 Å². The zero-order valence-electron chi connectivity index (χ0n) is 19.5. The fourth-order valence-corrected chi connectivity index (χ4v) is 5.15. The number of allylic oxidation sites excluding steroid dienone is 1. The molecule has 5 rings (SSSR count). The molecule has 0 bridgehead atoms. The SMILES string of the molecule is Cc1ccc(/C=C2\CCc3c2nc2ccccc2c3C(=O)OCC(=O)Nc2sccc2C(N)=O)cc1. The molecule has 1 aliphatic carbocycles. The first-order valence-electron chi connectivity index (χ1n) is 11.4. The van der Waals surface area contributed by atoms with Gasteiger partial charge < -0.3 is 15.8 Å². The Morgan fingerprint density at radius 1 is 1.08 bits per heavy atom. The highest BCUT2D eigenvalue weighted by molar-refractivity contribution is 7.14. The van der Waals surface area contributed by atoms with Crippen molar-refractivity contribution < 1.29 is 19.1 Å². The van der Waals surface area contributed by atoms with Crippen LogP contribution in [0.25, 0.3) is 22.6 Å². The Kier molecular flexibility index (Phi) is 6.35. The van der Waals surface area contributed by atoms with Gasteiger partial charge in [-0.3, -0.25) is 9.59 Å². The average molecular weight is 498 g/mol. The number of amides is 2. The molecular formula is C28H23N3O4S. The summed E-state index contributed by atoms with van der Waals surface area (Å²) >= 11 is 1.17. The first kappa shape index (κ1) is 23.4. The van der Waals surface area contributed by atoms with Gasteiger partial charge >= 0.3 is 5.97 Å². The van der Waals surface area contributed by atoms with Crippen LogP contribution in [0.3, 0.4) is 0 Å². The Morgan fingerprint density at radius 2 is 1.86 bits per heavy atom. The fraction of sp³-hybridized carbons (Fsp3) is 0.143. The van der Waals surface area contributed by atoms with E-state index in [0.717, 1.165) is 28.8 Å². The summed E-state index contributed by atoms with van der Waals surface area (Å²) in [4.78, 5) is 42.1. The molecule has 2 amide bonds. The molecule has 0 saturated heterocycles. The topological polar surface area (TPSA) is 111 Å². The summed E-state index contributed by atoms with van der Waals surface area (Å²) in [5, 5.41) is 5.25. The van der Waals surface area contributed by atoms with Gasteiger partial charge in [0.1, 0.15) is 5.00 Å². The number of primary amides is 1. The molecule has 7 nitrogen and oxygen atoms in total. The van der Waals surface area contributed by atoms with E-state index >= 15 is 0 Å². The van der Waals surface area contributed by atoms with Gasteiger partial charge in [-0.15, -0.1) is 11.3 Å². The van der Waals surface area contributed by atoms with Crippen LogP contribution >= 0.6 is 11.3 Å². The van der Waals surface area contributed by atoms with Crippen LogP contribution in [-0.4, -0.2) is 29.4 Å². The van der Waals surface area contributed by atoms with Crippen molar-refractivity contribution in [3.63, 3.8) is 0 Å². The summed E-state index contributed by atoms with van der Waals surface area (Å²) in [6.45, 7) is 1.55. The number of rotatable bonds is 6. The van der Waals surface area contributed by atoms with Crippen molar-refractivity contribution in [3.8, 4) is 0 Å². The number of aryl methyl sites for hydroxylation is 1. The second-order valence-corrected chi connectivity index (χ2v) is 9.48. The molecule has 0 aliphatic heterocycles. The fourth-order valence-electron chi connectivity index (χ4n) is 4.34. The summed E-state index contributed by atoms with van der Waals surface area (Å²) in [5.74, 6) is -1.78. The first-order chi connectivity index (χ1) is 17.4. The number of pyridine rings is 1. The average Bonchev–Trinajstić information content (AvgIpc) is 3.49. The number of thiophene rings is 1. The van der Waals surface area contributed by atoms with E-state index in [0.29, 0.717) is 27.9 Å². The molecule has 2 heterocycles. The van der Waals surface area contributed by atoms with Crippen LogP contribution in [0, 0.1) is 6.92 Å². The molecule has 180 valence electrons. The molecule has 0 atom stereocenters. The normalized spacial score (nSPS) is 13.5. The first-order valence-corrected chi connectivity index (χ1v) is 12.3. The van der Waals surface area contributed by atoms with Crippen molar-refractivity contribution in [2.45, 2.75) is 19.8 Å². The smallest absolute Gasteiger partial charge is 0.339 e. The van der Waals surface area contributed by atoms with Gasteiger partial charge in [-0.05, 0) is 60.1 Å². The van der Waals surface area contributed by atoms with E-state index in [4.69, 9.17) is 15.5 Å². The summed E-state index contributed by atoms with van der Waals surface area (Å²) in [6, 6.07) is 17.2. The van der Waals surface area contributed by atoms with Crippen LogP contribution in [-0.2, 0) is 16.0 Å². The van der Waals surface area contributed by atoms with Crippen molar-refractivity contribution in [3.05, 3.63) is 93.5 Å². The van der Waals surface area contributed by atoms with Gasteiger partial charge in [-0.1, -0.05) is 48.0 Å². The van der Waals surface area contributed by atoms with Crippen LogP contribution < -0.4 is 11.1 Å². The third kappa shape index (κ3) is 4.63. The monoisotopic (exact) mass is 497 g/mol. The lowest BCUT2D eigenvalue weighted by molar-refractivity contribution is -0.119. The predicted octanol–water partition coefficient (Wildman–Crippen LogP) is 4.99. The molecule has 1 aliphatic rings. The van der Waals surface area contributed by atoms with E-state index in [1.807, 2.05) is 31.2 Å². The Morgan fingerprint density at radius 3 is 2.64 bits per heavy atom. The van der Waals surface area contributed by atoms with Crippen LogP contribution in [0.2, 0.25) is 0 Å². The molecule has 2 aromatic heterocycles. The summed E-state index contributed by atoms with van der Waals surface area (Å²) < 4.78 is 5.43. The number of para-hydroxylation sites is 1. The van der Waals surface area contributed by atoms with Gasteiger partial charge in [-0.25, -0.2) is 9.78 Å². The number of benzene rings is 2. The maximum Gasteiger partial charge on any atom is 0.339 e. The standard InChI is InChI=1S/C28H23N3O4S/c1-16-6-8-17(9-7-16)14-18-10-11-20-24(19-4-2-3-5-22(19)30-25(18)20)28(34)35-15-23(32)31-27-21(26(29)33)12-13-36-27/h2-9,12-14H,10-11,15H2,1H3,(H2,29,33)(H,31,32)/b18-14+. The van der Waals surface area contributed by atoms with Crippen LogP contribution in [0.15, 0.2) is 60.0 Å².